The Bertz CT molecular complexity index is 726. The average Bonchev–Trinajstić information content (AvgIpc) is 2.92. The van der Waals surface area contributed by atoms with Crippen LogP contribution in [0, 0.1) is 15.2 Å². The second-order valence-electron chi connectivity index (χ2n) is 5.02. The first kappa shape index (κ1) is 15.2. The molecule has 0 radical (unpaired) electrons. The molecule has 0 atom stereocenters. The van der Waals surface area contributed by atoms with Gasteiger partial charge in [0.05, 0.1) is 16.6 Å². The Morgan fingerprint density at radius 3 is 2.68 bits per heavy atom. The maximum Gasteiger partial charge on any atom is 0.228 e. The molecular formula is C16H12F2INO2. The predicted molar refractivity (Wildman–Crippen MR) is 87.0 cm³/mol. The third kappa shape index (κ3) is 3.21. The molecule has 22 heavy (non-hydrogen) atoms. The number of hydrogen-bond donors (Lipinski definition) is 1. The zero-order valence-corrected chi connectivity index (χ0v) is 13.6. The molecule has 1 heterocycles. The van der Waals surface area contributed by atoms with Crippen molar-refractivity contribution in [3.05, 3.63) is 56.7 Å². The first-order valence-electron chi connectivity index (χ1n) is 6.72. The number of carbonyl (C=O) groups excluding carboxylic acids is 1. The summed E-state index contributed by atoms with van der Waals surface area (Å²) in [4.78, 5) is 12.0. The summed E-state index contributed by atoms with van der Waals surface area (Å²) in [7, 11) is 0. The number of benzene rings is 2. The van der Waals surface area contributed by atoms with Crippen molar-refractivity contribution in [2.75, 3.05) is 11.9 Å². The smallest absolute Gasteiger partial charge is 0.228 e. The van der Waals surface area contributed by atoms with Crippen LogP contribution in [0.3, 0.4) is 0 Å². The molecule has 1 amide bonds. The fraction of sp³-hybridized carbons (Fsp3) is 0.188. The summed E-state index contributed by atoms with van der Waals surface area (Å²) < 4.78 is 32.2. The number of nitrogens with one attached hydrogen (secondary N) is 1. The molecule has 0 bridgehead atoms. The minimum atomic E-state index is -0.689. The SMILES string of the molecule is O=C(Cc1ccc2c(c1)CCO2)Nc1cc(F)c(I)c(F)c1. The van der Waals surface area contributed by atoms with E-state index in [-0.39, 0.29) is 21.6 Å². The van der Waals surface area contributed by atoms with Crippen LogP contribution in [-0.2, 0) is 17.6 Å². The van der Waals surface area contributed by atoms with E-state index in [0.29, 0.717) is 6.61 Å². The molecule has 0 aromatic heterocycles. The average molecular weight is 415 g/mol. The van der Waals surface area contributed by atoms with Gasteiger partial charge in [-0.25, -0.2) is 8.78 Å². The van der Waals surface area contributed by atoms with Crippen molar-refractivity contribution in [1.82, 2.24) is 0 Å². The fourth-order valence-electron chi connectivity index (χ4n) is 2.37. The van der Waals surface area contributed by atoms with Gasteiger partial charge in [-0.15, -0.1) is 0 Å². The van der Waals surface area contributed by atoms with Gasteiger partial charge in [0.2, 0.25) is 5.91 Å². The monoisotopic (exact) mass is 415 g/mol. The van der Waals surface area contributed by atoms with Crippen LogP contribution in [-0.4, -0.2) is 12.5 Å². The summed E-state index contributed by atoms with van der Waals surface area (Å²) >= 11 is 1.58. The van der Waals surface area contributed by atoms with E-state index in [2.05, 4.69) is 5.32 Å². The topological polar surface area (TPSA) is 38.3 Å². The van der Waals surface area contributed by atoms with Crippen LogP contribution in [0.1, 0.15) is 11.1 Å². The van der Waals surface area contributed by atoms with Gasteiger partial charge in [0.15, 0.2) is 0 Å². The minimum absolute atomic E-state index is 0.0887. The first-order valence-corrected chi connectivity index (χ1v) is 7.80. The summed E-state index contributed by atoms with van der Waals surface area (Å²) in [5.74, 6) is -0.846. The van der Waals surface area contributed by atoms with E-state index in [1.165, 1.54) is 0 Å². The van der Waals surface area contributed by atoms with Gasteiger partial charge in [-0.3, -0.25) is 4.79 Å². The molecule has 114 valence electrons. The van der Waals surface area contributed by atoms with E-state index < -0.39 is 11.6 Å². The number of fused-ring (bicyclic) bond motifs is 1. The largest absolute Gasteiger partial charge is 0.493 e. The van der Waals surface area contributed by atoms with Crippen molar-refractivity contribution in [3.63, 3.8) is 0 Å². The Kier molecular flexibility index (Phi) is 4.28. The summed E-state index contributed by atoms with van der Waals surface area (Å²) in [6.45, 7) is 0.659. The Morgan fingerprint density at radius 1 is 1.23 bits per heavy atom. The molecule has 1 aliphatic rings. The summed E-state index contributed by atoms with van der Waals surface area (Å²) in [5.41, 5.74) is 2.04. The van der Waals surface area contributed by atoms with E-state index in [1.54, 1.807) is 22.6 Å². The summed E-state index contributed by atoms with van der Waals surface area (Å²) in [6.07, 6.45) is 0.973. The number of halogens is 3. The van der Waals surface area contributed by atoms with Gasteiger partial charge in [0.25, 0.3) is 0 Å². The highest BCUT2D eigenvalue weighted by molar-refractivity contribution is 14.1. The molecular weight excluding hydrogens is 403 g/mol. The van der Waals surface area contributed by atoms with Crippen molar-refractivity contribution < 1.29 is 18.3 Å². The van der Waals surface area contributed by atoms with Crippen LogP contribution in [0.25, 0.3) is 0 Å². The molecule has 0 spiro atoms. The fourth-order valence-corrected chi connectivity index (χ4v) is 2.68. The molecule has 2 aromatic carbocycles. The number of ether oxygens (including phenoxy) is 1. The molecule has 2 aromatic rings. The van der Waals surface area contributed by atoms with Crippen molar-refractivity contribution in [3.8, 4) is 5.75 Å². The second kappa shape index (κ2) is 6.20. The van der Waals surface area contributed by atoms with Crippen LogP contribution < -0.4 is 10.1 Å². The standard InChI is InChI=1S/C16H12F2INO2/c17-12-7-11(8-13(18)16(12)19)20-15(21)6-9-1-2-14-10(5-9)3-4-22-14/h1-2,5,7-8H,3-4,6H2,(H,20,21). The molecule has 0 unspecified atom stereocenters. The summed E-state index contributed by atoms with van der Waals surface area (Å²) in [5, 5.41) is 2.51. The van der Waals surface area contributed by atoms with Gasteiger partial charge in [0.1, 0.15) is 17.4 Å². The highest BCUT2D eigenvalue weighted by Gasteiger charge is 2.14. The molecule has 0 saturated heterocycles. The number of anilines is 1. The van der Waals surface area contributed by atoms with Gasteiger partial charge in [0, 0.05) is 12.1 Å². The van der Waals surface area contributed by atoms with Gasteiger partial charge in [-0.1, -0.05) is 12.1 Å². The predicted octanol–water partition coefficient (Wildman–Crippen LogP) is 3.69. The van der Waals surface area contributed by atoms with Crippen molar-refractivity contribution in [1.29, 1.82) is 0 Å². The van der Waals surface area contributed by atoms with Crippen molar-refractivity contribution in [2.24, 2.45) is 0 Å². The van der Waals surface area contributed by atoms with Gasteiger partial charge >= 0.3 is 0 Å². The first-order chi connectivity index (χ1) is 10.5. The summed E-state index contributed by atoms with van der Waals surface area (Å²) in [6, 6.07) is 7.81. The Hall–Kier alpha value is -1.70. The third-order valence-electron chi connectivity index (χ3n) is 3.39. The van der Waals surface area contributed by atoms with E-state index in [0.717, 1.165) is 35.4 Å². The highest BCUT2D eigenvalue weighted by Crippen LogP contribution is 2.26. The second-order valence-corrected chi connectivity index (χ2v) is 6.10. The maximum atomic E-state index is 13.5. The zero-order valence-electron chi connectivity index (χ0n) is 11.5. The van der Waals surface area contributed by atoms with Crippen molar-refractivity contribution in [2.45, 2.75) is 12.8 Å². The van der Waals surface area contributed by atoms with Gasteiger partial charge in [-0.2, -0.15) is 0 Å². The van der Waals surface area contributed by atoms with Crippen LogP contribution in [0.4, 0.5) is 14.5 Å². The van der Waals surface area contributed by atoms with Crippen molar-refractivity contribution >= 4 is 34.2 Å². The normalized spacial score (nSPS) is 12.7. The number of amides is 1. The Morgan fingerprint density at radius 2 is 1.95 bits per heavy atom. The van der Waals surface area contributed by atoms with E-state index in [4.69, 9.17) is 4.74 Å². The lowest BCUT2D eigenvalue weighted by Gasteiger charge is -2.08. The third-order valence-corrected chi connectivity index (χ3v) is 4.42. The molecule has 3 rings (SSSR count). The number of hydrogen-bond acceptors (Lipinski definition) is 2. The molecule has 1 N–H and O–H groups in total. The maximum absolute atomic E-state index is 13.5. The van der Waals surface area contributed by atoms with Crippen LogP contribution in [0.2, 0.25) is 0 Å². The lowest BCUT2D eigenvalue weighted by Crippen LogP contribution is -2.15. The Balaban J connectivity index is 1.70. The van der Waals surface area contributed by atoms with Gasteiger partial charge in [-0.05, 0) is 51.9 Å². The van der Waals surface area contributed by atoms with E-state index in [1.807, 2.05) is 18.2 Å². The van der Waals surface area contributed by atoms with Gasteiger partial charge < -0.3 is 10.1 Å². The van der Waals surface area contributed by atoms with Crippen LogP contribution >= 0.6 is 22.6 Å². The van der Waals surface area contributed by atoms with E-state index >= 15 is 0 Å². The minimum Gasteiger partial charge on any atom is -0.493 e. The van der Waals surface area contributed by atoms with E-state index in [9.17, 15) is 13.6 Å². The van der Waals surface area contributed by atoms with Crippen LogP contribution in [0.15, 0.2) is 30.3 Å². The zero-order chi connectivity index (χ0) is 15.7. The quantitative estimate of drug-likeness (QED) is 0.614. The molecule has 3 nitrogen and oxygen atoms in total. The Labute approximate surface area is 139 Å². The molecule has 0 saturated carbocycles. The molecule has 0 fully saturated rings. The molecule has 1 aliphatic heterocycles. The molecule has 6 heteroatoms. The number of rotatable bonds is 3. The van der Waals surface area contributed by atoms with Crippen LogP contribution in [0.5, 0.6) is 5.75 Å². The number of carbonyl (C=O) groups is 1. The lowest BCUT2D eigenvalue weighted by molar-refractivity contribution is -0.115. The molecule has 0 aliphatic carbocycles. The lowest BCUT2D eigenvalue weighted by atomic mass is 10.1. The highest BCUT2D eigenvalue weighted by atomic mass is 127.